The van der Waals surface area contributed by atoms with Gasteiger partial charge in [-0.05, 0) is 48.9 Å². The fraction of sp³-hybridized carbons (Fsp3) is 0.222. The molecule has 4 rings (SSSR count). The maximum atomic E-state index is 13.8. The van der Waals surface area contributed by atoms with Crippen molar-refractivity contribution < 1.29 is 18.7 Å². The van der Waals surface area contributed by atoms with Gasteiger partial charge in [0.15, 0.2) is 5.82 Å². The predicted molar refractivity (Wildman–Crippen MR) is 138 cm³/mol. The van der Waals surface area contributed by atoms with Crippen molar-refractivity contribution >= 4 is 17.6 Å². The molecule has 1 atom stereocenters. The van der Waals surface area contributed by atoms with Crippen LogP contribution in [0.4, 0.5) is 16.0 Å². The zero-order chi connectivity index (χ0) is 27.2. The van der Waals surface area contributed by atoms with Crippen LogP contribution >= 0.6 is 0 Å². The van der Waals surface area contributed by atoms with Crippen molar-refractivity contribution in [3.63, 3.8) is 0 Å². The van der Waals surface area contributed by atoms with Gasteiger partial charge >= 0.3 is 17.3 Å². The summed E-state index contributed by atoms with van der Waals surface area (Å²) in [4.78, 5) is 46.1. The maximum Gasteiger partial charge on any atom is 0.354 e. The number of hydrogen-bond acceptors (Lipinski definition) is 8. The lowest BCUT2D eigenvalue weighted by Crippen LogP contribution is -2.44. The Hall–Kier alpha value is -4.80. The van der Waals surface area contributed by atoms with E-state index in [1.165, 1.54) is 30.0 Å². The van der Waals surface area contributed by atoms with Crippen molar-refractivity contribution in [3.05, 3.63) is 105 Å². The number of esters is 1. The number of hydrogen-bond donors (Lipinski definition) is 1. The summed E-state index contributed by atoms with van der Waals surface area (Å²) in [5.74, 6) is -1.67. The third kappa shape index (κ3) is 6.12. The molecule has 10 nitrogen and oxygen atoms in total. The summed E-state index contributed by atoms with van der Waals surface area (Å²) in [6, 6.07) is 16.7. The number of nitrogens with zero attached hydrogens (tertiary/aromatic N) is 4. The monoisotopic (exact) mass is 519 g/mol. The first-order chi connectivity index (χ1) is 18.2. The Morgan fingerprint density at radius 2 is 1.76 bits per heavy atom. The predicted octanol–water partition coefficient (Wildman–Crippen LogP) is 3.64. The van der Waals surface area contributed by atoms with Gasteiger partial charge in [0, 0.05) is 18.4 Å². The molecule has 2 aromatic heterocycles. The number of nitrogens with one attached hydrogen (secondary N) is 1. The van der Waals surface area contributed by atoms with Crippen LogP contribution in [-0.2, 0) is 22.6 Å². The van der Waals surface area contributed by atoms with Crippen molar-refractivity contribution in [3.8, 4) is 11.6 Å². The number of ether oxygens (including phenoxy) is 2. The van der Waals surface area contributed by atoms with Crippen molar-refractivity contribution in [2.75, 3.05) is 12.4 Å². The number of pyridine rings is 1. The summed E-state index contributed by atoms with van der Waals surface area (Å²) in [7, 11) is 1.24. The van der Waals surface area contributed by atoms with Gasteiger partial charge < -0.3 is 14.8 Å². The highest BCUT2D eigenvalue weighted by atomic mass is 19.1. The van der Waals surface area contributed by atoms with E-state index in [2.05, 4.69) is 15.3 Å². The summed E-state index contributed by atoms with van der Waals surface area (Å²) in [6.07, 6.45) is 1.42. The van der Waals surface area contributed by atoms with Crippen molar-refractivity contribution in [2.45, 2.75) is 26.9 Å². The lowest BCUT2D eigenvalue weighted by atomic mass is 10.1. The van der Waals surface area contributed by atoms with E-state index in [-0.39, 0.29) is 24.9 Å². The number of rotatable bonds is 9. The second kappa shape index (κ2) is 11.5. The summed E-state index contributed by atoms with van der Waals surface area (Å²) in [5, 5.41) is 3.00. The van der Waals surface area contributed by atoms with E-state index >= 15 is 0 Å². The molecule has 2 aromatic carbocycles. The minimum absolute atomic E-state index is 0.0204. The second-order valence-electron chi connectivity index (χ2n) is 8.65. The van der Waals surface area contributed by atoms with Crippen LogP contribution in [0.2, 0.25) is 0 Å². The first kappa shape index (κ1) is 26.3. The van der Waals surface area contributed by atoms with E-state index in [0.29, 0.717) is 11.4 Å². The van der Waals surface area contributed by atoms with Gasteiger partial charge in [0.1, 0.15) is 5.75 Å². The van der Waals surface area contributed by atoms with Gasteiger partial charge in [-0.1, -0.05) is 36.8 Å². The average Bonchev–Trinajstić information content (AvgIpc) is 2.91. The standard InChI is InChI=1S/C27H26FN5O5/c1-17-6-8-19(9-7-17)16-32-25(31-26(35)33(27(32)36)15-18(2)24(34)37-3)30-20-10-12-21(13-11-20)38-23-22(28)5-4-14-29-23/h4-14,18H,15-16H2,1-3H3,(H,30,31,35)/t18-/m0/s1. The molecule has 0 spiro atoms. The molecule has 0 bridgehead atoms. The van der Waals surface area contributed by atoms with Gasteiger partial charge in [0.05, 0.1) is 19.6 Å². The zero-order valence-electron chi connectivity index (χ0n) is 21.1. The number of carbonyl (C=O) groups excluding carboxylic acids is 1. The Balaban J connectivity index is 1.66. The summed E-state index contributed by atoms with van der Waals surface area (Å²) in [6.45, 7) is 3.46. The molecule has 4 aromatic rings. The molecule has 2 heterocycles. The number of aromatic nitrogens is 4. The molecular weight excluding hydrogens is 493 g/mol. The van der Waals surface area contributed by atoms with Crippen molar-refractivity contribution in [2.24, 2.45) is 5.92 Å². The van der Waals surface area contributed by atoms with E-state index < -0.39 is 29.1 Å². The SMILES string of the molecule is COC(=O)[C@@H](C)Cn1c(=O)nc(Nc2ccc(Oc3ncccc3F)cc2)n(Cc2ccc(C)cc2)c1=O. The minimum Gasteiger partial charge on any atom is -0.469 e. The van der Waals surface area contributed by atoms with Crippen molar-refractivity contribution in [1.29, 1.82) is 0 Å². The van der Waals surface area contributed by atoms with E-state index in [1.807, 2.05) is 31.2 Å². The summed E-state index contributed by atoms with van der Waals surface area (Å²) >= 11 is 0. The number of benzene rings is 2. The van der Waals surface area contributed by atoms with E-state index in [1.54, 1.807) is 31.2 Å². The van der Waals surface area contributed by atoms with Gasteiger partial charge in [0.2, 0.25) is 5.95 Å². The molecule has 11 heteroatoms. The second-order valence-corrected chi connectivity index (χ2v) is 8.65. The Morgan fingerprint density at radius 3 is 2.42 bits per heavy atom. The zero-order valence-corrected chi connectivity index (χ0v) is 21.1. The number of anilines is 2. The Morgan fingerprint density at radius 1 is 1.05 bits per heavy atom. The van der Waals surface area contributed by atoms with E-state index in [9.17, 15) is 18.8 Å². The highest BCUT2D eigenvalue weighted by Crippen LogP contribution is 2.24. The first-order valence-electron chi connectivity index (χ1n) is 11.8. The summed E-state index contributed by atoms with van der Waals surface area (Å²) in [5.41, 5.74) is 0.939. The molecule has 0 amide bonds. The molecule has 196 valence electrons. The number of halogens is 1. The lowest BCUT2D eigenvalue weighted by molar-refractivity contribution is -0.145. The van der Waals surface area contributed by atoms with Gasteiger partial charge in [-0.2, -0.15) is 4.98 Å². The molecule has 1 N–H and O–H groups in total. The molecule has 38 heavy (non-hydrogen) atoms. The van der Waals surface area contributed by atoms with Crippen LogP contribution in [0.15, 0.2) is 76.4 Å². The van der Waals surface area contributed by atoms with Gasteiger partial charge in [0.25, 0.3) is 5.88 Å². The maximum absolute atomic E-state index is 13.8. The van der Waals surface area contributed by atoms with Gasteiger partial charge in [-0.3, -0.25) is 9.36 Å². The molecule has 0 unspecified atom stereocenters. The third-order valence-electron chi connectivity index (χ3n) is 5.72. The largest absolute Gasteiger partial charge is 0.469 e. The molecule has 0 aliphatic carbocycles. The fourth-order valence-corrected chi connectivity index (χ4v) is 3.64. The third-order valence-corrected chi connectivity index (χ3v) is 5.72. The Bertz CT molecular complexity index is 1550. The van der Waals surface area contributed by atoms with Crippen LogP contribution in [0.3, 0.4) is 0 Å². The fourth-order valence-electron chi connectivity index (χ4n) is 3.64. The molecule has 0 radical (unpaired) electrons. The topological polar surface area (TPSA) is 117 Å². The first-order valence-corrected chi connectivity index (χ1v) is 11.8. The van der Waals surface area contributed by atoms with Crippen LogP contribution in [0.5, 0.6) is 11.6 Å². The van der Waals surface area contributed by atoms with Gasteiger partial charge in [-0.15, -0.1) is 0 Å². The van der Waals surface area contributed by atoms with Crippen molar-refractivity contribution in [1.82, 2.24) is 19.1 Å². The summed E-state index contributed by atoms with van der Waals surface area (Å²) < 4.78 is 26.3. The van der Waals surface area contributed by atoms with Crippen LogP contribution in [0.1, 0.15) is 18.1 Å². The Labute approximate surface area is 217 Å². The molecule has 0 aliphatic rings. The smallest absolute Gasteiger partial charge is 0.354 e. The average molecular weight is 520 g/mol. The molecule has 0 aliphatic heterocycles. The van der Waals surface area contributed by atoms with Crippen LogP contribution in [0, 0.1) is 18.7 Å². The highest BCUT2D eigenvalue weighted by molar-refractivity contribution is 5.71. The van der Waals surface area contributed by atoms with Crippen LogP contribution in [0.25, 0.3) is 0 Å². The number of methoxy groups -OCH3 is 1. The molecule has 0 saturated heterocycles. The van der Waals surface area contributed by atoms with E-state index in [4.69, 9.17) is 9.47 Å². The van der Waals surface area contributed by atoms with E-state index in [0.717, 1.165) is 15.7 Å². The van der Waals surface area contributed by atoms with Crippen LogP contribution < -0.4 is 21.4 Å². The number of aryl methyl sites for hydroxylation is 1. The number of carbonyl (C=O) groups is 1. The lowest BCUT2D eigenvalue weighted by Gasteiger charge is -2.17. The van der Waals surface area contributed by atoms with Gasteiger partial charge in [-0.25, -0.2) is 23.5 Å². The quantitative estimate of drug-likeness (QED) is 0.333. The molecule has 0 fully saturated rings. The normalized spacial score (nSPS) is 11.6. The molecule has 0 saturated carbocycles. The van der Waals surface area contributed by atoms with Crippen LogP contribution in [-0.4, -0.2) is 32.2 Å². The highest BCUT2D eigenvalue weighted by Gasteiger charge is 2.20. The minimum atomic E-state index is -0.806. The molecular formula is C27H26FN5O5. The Kier molecular flexibility index (Phi) is 7.95.